The summed E-state index contributed by atoms with van der Waals surface area (Å²) in [6.07, 6.45) is 3.65. The maximum atomic E-state index is 4.77. The zero-order chi connectivity index (χ0) is 16.5. The van der Waals surface area contributed by atoms with Crippen LogP contribution >= 0.6 is 0 Å². The second-order valence-corrected chi connectivity index (χ2v) is 6.38. The molecule has 0 radical (unpaired) electrons. The molecule has 0 amide bonds. The first kappa shape index (κ1) is 17.8. The summed E-state index contributed by atoms with van der Waals surface area (Å²) in [6, 6.07) is 9.01. The molecule has 0 unspecified atom stereocenters. The number of aliphatic imine (C=N–C) groups is 1. The van der Waals surface area contributed by atoms with Crippen LogP contribution in [0.15, 0.2) is 29.3 Å². The molecule has 1 heterocycles. The second-order valence-electron chi connectivity index (χ2n) is 6.38. The van der Waals surface area contributed by atoms with E-state index in [9.17, 15) is 0 Å². The van der Waals surface area contributed by atoms with Crippen LogP contribution in [0.25, 0.3) is 0 Å². The largest absolute Gasteiger partial charge is 0.357 e. The summed E-state index contributed by atoms with van der Waals surface area (Å²) >= 11 is 0. The van der Waals surface area contributed by atoms with Crippen molar-refractivity contribution < 1.29 is 0 Å². The lowest BCUT2D eigenvalue weighted by atomic mass is 10.1. The van der Waals surface area contributed by atoms with Crippen molar-refractivity contribution in [2.24, 2.45) is 4.99 Å². The lowest BCUT2D eigenvalue weighted by molar-refractivity contribution is 0.206. The third-order valence-electron chi connectivity index (χ3n) is 4.48. The van der Waals surface area contributed by atoms with Crippen molar-refractivity contribution in [3.8, 4) is 0 Å². The van der Waals surface area contributed by atoms with Gasteiger partial charge in [0.2, 0.25) is 0 Å². The normalized spacial score (nSPS) is 17.3. The number of nitrogens with one attached hydrogen (secondary N) is 2. The first-order valence-electron chi connectivity index (χ1n) is 9.04. The van der Waals surface area contributed by atoms with Crippen LogP contribution in [-0.2, 0) is 6.54 Å². The topological polar surface area (TPSA) is 39.7 Å². The Kier molecular flexibility index (Phi) is 7.40. The molecule has 23 heavy (non-hydrogen) atoms. The smallest absolute Gasteiger partial charge is 0.191 e. The Bertz CT molecular complexity index is 490. The summed E-state index contributed by atoms with van der Waals surface area (Å²) in [4.78, 5) is 7.34. The minimum atomic E-state index is 0.540. The number of aryl methyl sites for hydroxylation is 1. The van der Waals surface area contributed by atoms with E-state index in [4.69, 9.17) is 4.99 Å². The molecule has 1 aromatic carbocycles. The number of hydrogen-bond donors (Lipinski definition) is 2. The van der Waals surface area contributed by atoms with Crippen LogP contribution in [0.3, 0.4) is 0 Å². The molecule has 1 fully saturated rings. The quantitative estimate of drug-likeness (QED) is 0.626. The fraction of sp³-hybridized carbons (Fsp3) is 0.632. The number of rotatable bonds is 6. The predicted octanol–water partition coefficient (Wildman–Crippen LogP) is 2.92. The molecule has 0 spiro atoms. The van der Waals surface area contributed by atoms with Crippen molar-refractivity contribution in [2.75, 3.05) is 26.2 Å². The van der Waals surface area contributed by atoms with Gasteiger partial charge >= 0.3 is 0 Å². The third kappa shape index (κ3) is 5.87. The zero-order valence-electron chi connectivity index (χ0n) is 14.9. The minimum Gasteiger partial charge on any atom is -0.357 e. The first-order chi connectivity index (χ1) is 11.2. The van der Waals surface area contributed by atoms with E-state index >= 15 is 0 Å². The van der Waals surface area contributed by atoms with E-state index in [0.717, 1.165) is 19.0 Å². The van der Waals surface area contributed by atoms with Gasteiger partial charge in [0.05, 0.1) is 6.54 Å². The molecule has 0 atom stereocenters. The molecular formula is C19H32N4. The molecule has 0 bridgehead atoms. The summed E-state index contributed by atoms with van der Waals surface area (Å²) in [5.41, 5.74) is 2.60. The number of nitrogens with zero attached hydrogens (tertiary/aromatic N) is 2. The highest BCUT2D eigenvalue weighted by Crippen LogP contribution is 2.11. The monoisotopic (exact) mass is 316 g/mol. The van der Waals surface area contributed by atoms with Gasteiger partial charge in [-0.25, -0.2) is 4.99 Å². The van der Waals surface area contributed by atoms with E-state index in [1.54, 1.807) is 0 Å². The molecule has 0 aliphatic carbocycles. The highest BCUT2D eigenvalue weighted by molar-refractivity contribution is 5.80. The van der Waals surface area contributed by atoms with Gasteiger partial charge in [-0.05, 0) is 50.8 Å². The second kappa shape index (κ2) is 9.56. The van der Waals surface area contributed by atoms with Crippen molar-refractivity contribution in [2.45, 2.75) is 52.6 Å². The lowest BCUT2D eigenvalue weighted by Gasteiger charge is -2.32. The number of likely N-dealkylation sites (tertiary alicyclic amines) is 1. The zero-order valence-corrected chi connectivity index (χ0v) is 14.9. The molecule has 4 nitrogen and oxygen atoms in total. The van der Waals surface area contributed by atoms with Gasteiger partial charge < -0.3 is 15.5 Å². The summed E-state index contributed by atoms with van der Waals surface area (Å²) < 4.78 is 0. The van der Waals surface area contributed by atoms with Crippen LogP contribution in [0.1, 0.15) is 44.2 Å². The predicted molar refractivity (Wildman–Crippen MR) is 98.9 cm³/mol. The van der Waals surface area contributed by atoms with E-state index in [2.05, 4.69) is 60.6 Å². The number of hydrogen-bond acceptors (Lipinski definition) is 2. The molecular weight excluding hydrogens is 284 g/mol. The van der Waals surface area contributed by atoms with Gasteiger partial charge in [0.15, 0.2) is 5.96 Å². The Morgan fingerprint density at radius 3 is 2.61 bits per heavy atom. The van der Waals surface area contributed by atoms with E-state index in [1.165, 1.54) is 50.0 Å². The Hall–Kier alpha value is -1.55. The van der Waals surface area contributed by atoms with E-state index in [-0.39, 0.29) is 0 Å². The molecule has 1 aliphatic rings. The van der Waals surface area contributed by atoms with Gasteiger partial charge in [-0.1, -0.05) is 31.2 Å². The van der Waals surface area contributed by atoms with Crippen molar-refractivity contribution in [1.29, 1.82) is 0 Å². The average Bonchev–Trinajstić information content (AvgIpc) is 2.56. The van der Waals surface area contributed by atoms with Crippen LogP contribution < -0.4 is 10.6 Å². The van der Waals surface area contributed by atoms with Gasteiger partial charge in [-0.2, -0.15) is 0 Å². The molecule has 0 aromatic heterocycles. The summed E-state index contributed by atoms with van der Waals surface area (Å²) in [7, 11) is 0. The Morgan fingerprint density at radius 2 is 1.96 bits per heavy atom. The maximum Gasteiger partial charge on any atom is 0.191 e. The minimum absolute atomic E-state index is 0.540. The maximum absolute atomic E-state index is 4.77. The van der Waals surface area contributed by atoms with E-state index in [1.807, 2.05) is 0 Å². The third-order valence-corrected chi connectivity index (χ3v) is 4.48. The van der Waals surface area contributed by atoms with Crippen LogP contribution in [0, 0.1) is 6.92 Å². The molecule has 1 aromatic rings. The highest BCUT2D eigenvalue weighted by atomic mass is 15.2. The standard InChI is InChI=1S/C19H32N4/c1-4-12-23-13-10-18(11-14-23)22-19(20-5-2)21-15-17-9-7-6-8-16(17)3/h6-9,18H,4-5,10-15H2,1-3H3,(H2,20,21,22). The molecule has 128 valence electrons. The fourth-order valence-electron chi connectivity index (χ4n) is 3.08. The van der Waals surface area contributed by atoms with Crippen LogP contribution in [-0.4, -0.2) is 43.1 Å². The summed E-state index contributed by atoms with van der Waals surface area (Å²) in [5, 5.41) is 7.00. The van der Waals surface area contributed by atoms with Gasteiger partial charge in [0.1, 0.15) is 0 Å². The molecule has 1 aliphatic heterocycles. The van der Waals surface area contributed by atoms with Crippen molar-refractivity contribution >= 4 is 5.96 Å². The SMILES string of the molecule is CCCN1CCC(NC(=NCc2ccccc2C)NCC)CC1. The Balaban J connectivity index is 1.88. The van der Waals surface area contributed by atoms with Crippen molar-refractivity contribution in [3.63, 3.8) is 0 Å². The van der Waals surface area contributed by atoms with Crippen LogP contribution in [0.4, 0.5) is 0 Å². The molecule has 1 saturated heterocycles. The molecule has 0 saturated carbocycles. The van der Waals surface area contributed by atoms with Crippen molar-refractivity contribution in [1.82, 2.24) is 15.5 Å². The number of piperidine rings is 1. The van der Waals surface area contributed by atoms with E-state index < -0.39 is 0 Å². The number of guanidine groups is 1. The summed E-state index contributed by atoms with van der Waals surface area (Å²) in [5.74, 6) is 0.949. The summed E-state index contributed by atoms with van der Waals surface area (Å²) in [6.45, 7) is 11.8. The Labute approximate surface area is 141 Å². The van der Waals surface area contributed by atoms with Crippen LogP contribution in [0.2, 0.25) is 0 Å². The van der Waals surface area contributed by atoms with Gasteiger partial charge in [-0.15, -0.1) is 0 Å². The average molecular weight is 316 g/mol. The number of benzene rings is 1. The van der Waals surface area contributed by atoms with E-state index in [0.29, 0.717) is 6.04 Å². The Morgan fingerprint density at radius 1 is 1.22 bits per heavy atom. The van der Waals surface area contributed by atoms with Gasteiger partial charge in [0.25, 0.3) is 0 Å². The fourth-order valence-corrected chi connectivity index (χ4v) is 3.08. The van der Waals surface area contributed by atoms with Crippen LogP contribution in [0.5, 0.6) is 0 Å². The van der Waals surface area contributed by atoms with Crippen molar-refractivity contribution in [3.05, 3.63) is 35.4 Å². The highest BCUT2D eigenvalue weighted by Gasteiger charge is 2.19. The lowest BCUT2D eigenvalue weighted by Crippen LogP contribution is -2.48. The van der Waals surface area contributed by atoms with Gasteiger partial charge in [0, 0.05) is 25.7 Å². The molecule has 2 N–H and O–H groups in total. The van der Waals surface area contributed by atoms with Gasteiger partial charge in [-0.3, -0.25) is 0 Å². The molecule has 2 rings (SSSR count). The molecule has 4 heteroatoms. The first-order valence-corrected chi connectivity index (χ1v) is 9.04.